The number of rotatable bonds is 7. The molecule has 0 spiro atoms. The van der Waals surface area contributed by atoms with Crippen LogP contribution >= 0.6 is 0 Å². The van der Waals surface area contributed by atoms with Crippen molar-refractivity contribution in [2.24, 2.45) is 5.92 Å². The number of nitrogens with zero attached hydrogens (tertiary/aromatic N) is 1. The lowest BCUT2D eigenvalue weighted by atomic mass is 10.0. The number of hydrogen-bond donors (Lipinski definition) is 2. The van der Waals surface area contributed by atoms with Crippen molar-refractivity contribution in [3.05, 3.63) is 23.5 Å². The Balaban J connectivity index is 2.38. The molecule has 0 bridgehead atoms. The Kier molecular flexibility index (Phi) is 5.80. The number of nitrogens with one attached hydrogen (secondary N) is 1. The predicted molar refractivity (Wildman–Crippen MR) is 77.4 cm³/mol. The summed E-state index contributed by atoms with van der Waals surface area (Å²) in [5.74, 6) is -0.960. The van der Waals surface area contributed by atoms with Crippen LogP contribution in [0.1, 0.15) is 44.5 Å². The maximum atomic E-state index is 10.7. The highest BCUT2D eigenvalue weighted by molar-refractivity contribution is 5.69. The van der Waals surface area contributed by atoms with Crippen molar-refractivity contribution in [2.75, 3.05) is 5.32 Å². The predicted octanol–water partition coefficient (Wildman–Crippen LogP) is 3.39. The van der Waals surface area contributed by atoms with Crippen molar-refractivity contribution in [2.45, 2.75) is 53.0 Å². The van der Waals surface area contributed by atoms with Crippen LogP contribution in [0.4, 0.5) is 5.69 Å². The molecule has 0 aromatic carbocycles. The van der Waals surface area contributed by atoms with Crippen molar-refractivity contribution < 1.29 is 9.90 Å². The van der Waals surface area contributed by atoms with Gasteiger partial charge in [-0.1, -0.05) is 13.3 Å². The fraction of sp³-hybridized carbons (Fsp3) is 0.600. The van der Waals surface area contributed by atoms with Crippen LogP contribution in [0, 0.1) is 19.8 Å². The zero-order valence-electron chi connectivity index (χ0n) is 12.2. The highest BCUT2D eigenvalue weighted by atomic mass is 16.4. The Morgan fingerprint density at radius 2 is 1.84 bits per heavy atom. The lowest BCUT2D eigenvalue weighted by Crippen LogP contribution is -2.16. The number of pyridine rings is 1. The Morgan fingerprint density at radius 1 is 1.26 bits per heavy atom. The van der Waals surface area contributed by atoms with Gasteiger partial charge in [0.05, 0.1) is 5.92 Å². The topological polar surface area (TPSA) is 62.2 Å². The fourth-order valence-electron chi connectivity index (χ4n) is 2.13. The number of aryl methyl sites for hydroxylation is 2. The summed E-state index contributed by atoms with van der Waals surface area (Å²) in [5.41, 5.74) is 3.10. The number of aliphatic carboxylic acids is 1. The molecule has 4 nitrogen and oxygen atoms in total. The minimum atomic E-state index is -0.707. The SMILES string of the molecule is Cc1cc(NC(C)CCCC(C)C(=O)O)cc(C)n1. The maximum Gasteiger partial charge on any atom is 0.306 e. The molecule has 2 N–H and O–H groups in total. The molecule has 1 rings (SSSR count). The van der Waals surface area contributed by atoms with Crippen LogP contribution in [0.2, 0.25) is 0 Å². The first-order valence-corrected chi connectivity index (χ1v) is 6.83. The normalized spacial score (nSPS) is 13.9. The van der Waals surface area contributed by atoms with E-state index in [0.717, 1.165) is 36.3 Å². The van der Waals surface area contributed by atoms with Gasteiger partial charge in [-0.25, -0.2) is 0 Å². The zero-order chi connectivity index (χ0) is 14.4. The number of hydrogen-bond acceptors (Lipinski definition) is 3. The molecule has 1 heterocycles. The van der Waals surface area contributed by atoms with E-state index in [-0.39, 0.29) is 5.92 Å². The number of aromatic nitrogens is 1. The standard InChI is InChI=1S/C15H24N2O2/c1-10(15(18)19)6-5-7-11(2)17-14-8-12(3)16-13(4)9-14/h8-11H,5-7H2,1-4H3,(H,16,17)(H,18,19). The van der Waals surface area contributed by atoms with E-state index in [0.29, 0.717) is 6.04 Å². The van der Waals surface area contributed by atoms with E-state index < -0.39 is 5.97 Å². The summed E-state index contributed by atoms with van der Waals surface area (Å²) in [6.45, 7) is 7.85. The van der Waals surface area contributed by atoms with E-state index in [9.17, 15) is 4.79 Å². The average molecular weight is 264 g/mol. The molecule has 0 fully saturated rings. The fourth-order valence-corrected chi connectivity index (χ4v) is 2.13. The molecular weight excluding hydrogens is 240 g/mol. The molecule has 0 aliphatic heterocycles. The van der Waals surface area contributed by atoms with Gasteiger partial charge in [-0.2, -0.15) is 0 Å². The summed E-state index contributed by atoms with van der Waals surface area (Å²) in [7, 11) is 0. The molecule has 0 aliphatic carbocycles. The molecule has 106 valence electrons. The van der Waals surface area contributed by atoms with Crippen molar-refractivity contribution in [1.82, 2.24) is 4.98 Å². The summed E-state index contributed by atoms with van der Waals surface area (Å²) in [6.07, 6.45) is 2.62. The monoisotopic (exact) mass is 264 g/mol. The highest BCUT2D eigenvalue weighted by Crippen LogP contribution is 2.15. The molecule has 2 unspecified atom stereocenters. The summed E-state index contributed by atoms with van der Waals surface area (Å²) < 4.78 is 0. The number of anilines is 1. The third kappa shape index (κ3) is 5.73. The Bertz CT molecular complexity index is 412. The van der Waals surface area contributed by atoms with Crippen molar-refractivity contribution in [1.29, 1.82) is 0 Å². The molecule has 19 heavy (non-hydrogen) atoms. The Labute approximate surface area is 115 Å². The van der Waals surface area contributed by atoms with E-state index >= 15 is 0 Å². The van der Waals surface area contributed by atoms with Gasteiger partial charge in [0.2, 0.25) is 0 Å². The van der Waals surface area contributed by atoms with Crippen LogP contribution in [0.5, 0.6) is 0 Å². The summed E-state index contributed by atoms with van der Waals surface area (Å²) in [5, 5.41) is 12.3. The highest BCUT2D eigenvalue weighted by Gasteiger charge is 2.11. The molecule has 0 saturated carbocycles. The van der Waals surface area contributed by atoms with E-state index in [4.69, 9.17) is 5.11 Å². The molecular formula is C15H24N2O2. The number of carboxylic acid groups (broad SMARTS) is 1. The van der Waals surface area contributed by atoms with Gasteiger partial charge in [-0.3, -0.25) is 9.78 Å². The van der Waals surface area contributed by atoms with Gasteiger partial charge in [0.1, 0.15) is 0 Å². The van der Waals surface area contributed by atoms with E-state index in [1.165, 1.54) is 0 Å². The van der Waals surface area contributed by atoms with Gasteiger partial charge in [0.15, 0.2) is 0 Å². The second-order valence-corrected chi connectivity index (χ2v) is 5.35. The van der Waals surface area contributed by atoms with Gasteiger partial charge in [-0.05, 0) is 45.7 Å². The Hall–Kier alpha value is -1.58. The first-order chi connectivity index (χ1) is 8.88. The quantitative estimate of drug-likeness (QED) is 0.792. The molecule has 1 aromatic rings. The molecule has 1 aromatic heterocycles. The molecule has 0 saturated heterocycles. The van der Waals surface area contributed by atoms with Crippen LogP contribution < -0.4 is 5.32 Å². The molecule has 0 aliphatic rings. The summed E-state index contributed by atoms with van der Waals surface area (Å²) in [6, 6.07) is 4.40. The maximum absolute atomic E-state index is 10.7. The molecule has 0 radical (unpaired) electrons. The number of carbonyl (C=O) groups is 1. The van der Waals surface area contributed by atoms with Gasteiger partial charge < -0.3 is 10.4 Å². The van der Waals surface area contributed by atoms with Crippen molar-refractivity contribution in [3.8, 4) is 0 Å². The minimum Gasteiger partial charge on any atom is -0.481 e. The lowest BCUT2D eigenvalue weighted by Gasteiger charge is -2.16. The Morgan fingerprint density at radius 3 is 2.37 bits per heavy atom. The summed E-state index contributed by atoms with van der Waals surface area (Å²) >= 11 is 0. The van der Waals surface area contributed by atoms with Crippen LogP contribution in [0.25, 0.3) is 0 Å². The zero-order valence-corrected chi connectivity index (χ0v) is 12.2. The van der Waals surface area contributed by atoms with Crippen LogP contribution in [-0.2, 0) is 4.79 Å². The molecule has 2 atom stereocenters. The second-order valence-electron chi connectivity index (χ2n) is 5.35. The smallest absolute Gasteiger partial charge is 0.306 e. The van der Waals surface area contributed by atoms with E-state index in [1.54, 1.807) is 6.92 Å². The van der Waals surface area contributed by atoms with Crippen LogP contribution in [0.3, 0.4) is 0 Å². The lowest BCUT2D eigenvalue weighted by molar-refractivity contribution is -0.141. The van der Waals surface area contributed by atoms with E-state index in [2.05, 4.69) is 17.2 Å². The third-order valence-corrected chi connectivity index (χ3v) is 3.19. The average Bonchev–Trinajstić information content (AvgIpc) is 2.26. The van der Waals surface area contributed by atoms with Gasteiger partial charge >= 0.3 is 5.97 Å². The van der Waals surface area contributed by atoms with Crippen LogP contribution in [0.15, 0.2) is 12.1 Å². The largest absolute Gasteiger partial charge is 0.481 e. The van der Waals surface area contributed by atoms with Gasteiger partial charge in [0, 0.05) is 23.1 Å². The van der Waals surface area contributed by atoms with E-state index in [1.807, 2.05) is 26.0 Å². The third-order valence-electron chi connectivity index (χ3n) is 3.19. The second kappa shape index (κ2) is 7.12. The molecule has 0 amide bonds. The van der Waals surface area contributed by atoms with Gasteiger partial charge in [-0.15, -0.1) is 0 Å². The van der Waals surface area contributed by atoms with Crippen LogP contribution in [-0.4, -0.2) is 22.1 Å². The van der Waals surface area contributed by atoms with Gasteiger partial charge in [0.25, 0.3) is 0 Å². The van der Waals surface area contributed by atoms with Crippen molar-refractivity contribution >= 4 is 11.7 Å². The number of carboxylic acids is 1. The first kappa shape index (κ1) is 15.5. The first-order valence-electron chi connectivity index (χ1n) is 6.83. The van der Waals surface area contributed by atoms with Crippen molar-refractivity contribution in [3.63, 3.8) is 0 Å². The minimum absolute atomic E-state index is 0.252. The summed E-state index contributed by atoms with van der Waals surface area (Å²) in [4.78, 5) is 15.1. The molecule has 4 heteroatoms.